The molecule has 0 radical (unpaired) electrons. The van der Waals surface area contributed by atoms with Crippen molar-refractivity contribution in [3.63, 3.8) is 0 Å². The Bertz CT molecular complexity index is 589. The van der Waals surface area contributed by atoms with E-state index in [1.807, 2.05) is 0 Å². The van der Waals surface area contributed by atoms with Gasteiger partial charge in [-0.2, -0.15) is 4.31 Å². The Morgan fingerprint density at radius 3 is 2.76 bits per heavy atom. The average Bonchev–Trinajstić information content (AvgIpc) is 2.96. The standard InChI is InChI=1S/C14H22N2O4S/c1-19-10-12-5-6-16(9-12)21(17,18)14-7-11(8-15)3-4-13(14)20-2/h3-4,7,12H,5-6,8-10,15H2,1-2H3. The quantitative estimate of drug-likeness (QED) is 0.840. The third kappa shape index (κ3) is 3.37. The summed E-state index contributed by atoms with van der Waals surface area (Å²) in [5, 5.41) is 0. The van der Waals surface area contributed by atoms with Crippen molar-refractivity contribution in [2.75, 3.05) is 33.9 Å². The second-order valence-corrected chi connectivity index (χ2v) is 7.07. The van der Waals surface area contributed by atoms with Gasteiger partial charge in [0.05, 0.1) is 13.7 Å². The summed E-state index contributed by atoms with van der Waals surface area (Å²) in [5.41, 5.74) is 6.37. The molecule has 0 bridgehead atoms. The van der Waals surface area contributed by atoms with Crippen molar-refractivity contribution in [2.24, 2.45) is 11.7 Å². The molecule has 2 N–H and O–H groups in total. The van der Waals surface area contributed by atoms with Gasteiger partial charge < -0.3 is 15.2 Å². The van der Waals surface area contributed by atoms with Crippen LogP contribution in [-0.4, -0.2) is 46.6 Å². The molecule has 0 saturated carbocycles. The molecular weight excluding hydrogens is 292 g/mol. The summed E-state index contributed by atoms with van der Waals surface area (Å²) in [7, 11) is -0.472. The lowest BCUT2D eigenvalue weighted by molar-refractivity contribution is 0.157. The van der Waals surface area contributed by atoms with Crippen LogP contribution in [0.15, 0.2) is 23.1 Å². The fourth-order valence-corrected chi connectivity index (χ4v) is 4.31. The van der Waals surface area contributed by atoms with E-state index in [0.717, 1.165) is 12.0 Å². The number of rotatable bonds is 6. The zero-order chi connectivity index (χ0) is 15.5. The van der Waals surface area contributed by atoms with Crippen molar-refractivity contribution in [2.45, 2.75) is 17.9 Å². The first kappa shape index (κ1) is 16.2. The van der Waals surface area contributed by atoms with Crippen molar-refractivity contribution < 1.29 is 17.9 Å². The van der Waals surface area contributed by atoms with Crippen LogP contribution in [0.5, 0.6) is 5.75 Å². The van der Waals surface area contributed by atoms with Crippen LogP contribution in [-0.2, 0) is 21.3 Å². The van der Waals surface area contributed by atoms with Crippen molar-refractivity contribution in [1.29, 1.82) is 0 Å². The number of hydrogen-bond donors (Lipinski definition) is 1. The summed E-state index contributed by atoms with van der Waals surface area (Å²) in [6.07, 6.45) is 0.811. The summed E-state index contributed by atoms with van der Waals surface area (Å²) in [4.78, 5) is 0.186. The zero-order valence-corrected chi connectivity index (χ0v) is 13.2. The Morgan fingerprint density at radius 2 is 2.14 bits per heavy atom. The van der Waals surface area contributed by atoms with Crippen molar-refractivity contribution in [3.8, 4) is 5.75 Å². The molecule has 1 unspecified atom stereocenters. The maximum atomic E-state index is 12.8. The lowest BCUT2D eigenvalue weighted by atomic mass is 10.1. The molecule has 1 aromatic carbocycles. The monoisotopic (exact) mass is 314 g/mol. The van der Waals surface area contributed by atoms with E-state index in [1.165, 1.54) is 11.4 Å². The van der Waals surface area contributed by atoms with Gasteiger partial charge in [-0.15, -0.1) is 0 Å². The number of nitrogens with zero attached hydrogens (tertiary/aromatic N) is 1. The summed E-state index contributed by atoms with van der Waals surface area (Å²) < 4.78 is 37.4. The average molecular weight is 314 g/mol. The van der Waals surface area contributed by atoms with Gasteiger partial charge in [0.15, 0.2) is 0 Å². The minimum atomic E-state index is -3.57. The lowest BCUT2D eigenvalue weighted by Crippen LogP contribution is -2.30. The first-order valence-corrected chi connectivity index (χ1v) is 8.33. The molecule has 1 saturated heterocycles. The number of nitrogens with two attached hydrogens (primary N) is 1. The van der Waals surface area contributed by atoms with E-state index in [1.54, 1.807) is 25.3 Å². The Hall–Kier alpha value is -1.15. The molecule has 2 rings (SSSR count). The molecule has 6 nitrogen and oxygen atoms in total. The van der Waals surface area contributed by atoms with Gasteiger partial charge in [0, 0.05) is 26.7 Å². The molecule has 0 amide bonds. The molecular formula is C14H22N2O4S. The Labute approximate surface area is 125 Å². The third-order valence-electron chi connectivity index (χ3n) is 3.73. The smallest absolute Gasteiger partial charge is 0.246 e. The lowest BCUT2D eigenvalue weighted by Gasteiger charge is -2.19. The van der Waals surface area contributed by atoms with Crippen LogP contribution in [0, 0.1) is 5.92 Å². The zero-order valence-electron chi connectivity index (χ0n) is 12.4. The second-order valence-electron chi connectivity index (χ2n) is 5.16. The normalized spacial score (nSPS) is 19.9. The highest BCUT2D eigenvalue weighted by molar-refractivity contribution is 7.89. The van der Waals surface area contributed by atoms with Crippen LogP contribution in [0.3, 0.4) is 0 Å². The molecule has 21 heavy (non-hydrogen) atoms. The molecule has 1 aliphatic rings. The van der Waals surface area contributed by atoms with E-state index in [9.17, 15) is 8.42 Å². The Kier molecular flexibility index (Phi) is 5.21. The predicted octanol–water partition coefficient (Wildman–Crippen LogP) is 0.811. The van der Waals surface area contributed by atoms with Crippen LogP contribution in [0.1, 0.15) is 12.0 Å². The number of sulfonamides is 1. The highest BCUT2D eigenvalue weighted by atomic mass is 32.2. The van der Waals surface area contributed by atoms with Crippen LogP contribution in [0.4, 0.5) is 0 Å². The molecule has 1 fully saturated rings. The van der Waals surface area contributed by atoms with E-state index in [-0.39, 0.29) is 10.8 Å². The van der Waals surface area contributed by atoms with Crippen molar-refractivity contribution >= 4 is 10.0 Å². The number of methoxy groups -OCH3 is 2. The molecule has 0 spiro atoms. The number of hydrogen-bond acceptors (Lipinski definition) is 5. The Morgan fingerprint density at radius 1 is 1.38 bits per heavy atom. The maximum absolute atomic E-state index is 12.8. The maximum Gasteiger partial charge on any atom is 0.246 e. The van der Waals surface area contributed by atoms with E-state index in [2.05, 4.69) is 0 Å². The van der Waals surface area contributed by atoms with Gasteiger partial charge in [-0.1, -0.05) is 6.07 Å². The summed E-state index contributed by atoms with van der Waals surface area (Å²) >= 11 is 0. The SMILES string of the molecule is COCC1CCN(S(=O)(=O)c2cc(CN)ccc2OC)C1. The highest BCUT2D eigenvalue weighted by Gasteiger charge is 2.34. The first-order valence-electron chi connectivity index (χ1n) is 6.89. The molecule has 1 heterocycles. The molecule has 0 aliphatic carbocycles. The summed E-state index contributed by atoms with van der Waals surface area (Å²) in [5.74, 6) is 0.593. The van der Waals surface area contributed by atoms with Crippen LogP contribution in [0.25, 0.3) is 0 Å². The molecule has 1 aliphatic heterocycles. The van der Waals surface area contributed by atoms with Gasteiger partial charge >= 0.3 is 0 Å². The van der Waals surface area contributed by atoms with Gasteiger partial charge in [0.2, 0.25) is 10.0 Å². The number of benzene rings is 1. The van der Waals surface area contributed by atoms with E-state index >= 15 is 0 Å². The van der Waals surface area contributed by atoms with Crippen molar-refractivity contribution in [3.05, 3.63) is 23.8 Å². The minimum Gasteiger partial charge on any atom is -0.495 e. The highest BCUT2D eigenvalue weighted by Crippen LogP contribution is 2.31. The first-order chi connectivity index (χ1) is 10.0. The number of ether oxygens (including phenoxy) is 2. The molecule has 0 aromatic heterocycles. The molecule has 7 heteroatoms. The fraction of sp³-hybridized carbons (Fsp3) is 0.571. The molecule has 1 aromatic rings. The predicted molar refractivity (Wildman–Crippen MR) is 79.6 cm³/mol. The molecule has 118 valence electrons. The largest absolute Gasteiger partial charge is 0.495 e. The van der Waals surface area contributed by atoms with Gasteiger partial charge in [0.1, 0.15) is 10.6 Å². The van der Waals surface area contributed by atoms with E-state index < -0.39 is 10.0 Å². The van der Waals surface area contributed by atoms with Gasteiger partial charge in [-0.25, -0.2) is 8.42 Å². The summed E-state index contributed by atoms with van der Waals surface area (Å²) in [6.45, 7) is 1.85. The van der Waals surface area contributed by atoms with Gasteiger partial charge in [0.25, 0.3) is 0 Å². The third-order valence-corrected chi connectivity index (χ3v) is 5.62. The second kappa shape index (κ2) is 6.74. The fourth-order valence-electron chi connectivity index (χ4n) is 2.58. The van der Waals surface area contributed by atoms with Crippen LogP contribution in [0.2, 0.25) is 0 Å². The van der Waals surface area contributed by atoms with Crippen molar-refractivity contribution in [1.82, 2.24) is 4.31 Å². The van der Waals surface area contributed by atoms with Gasteiger partial charge in [-0.05, 0) is 30.0 Å². The minimum absolute atomic E-state index is 0.186. The topological polar surface area (TPSA) is 81.9 Å². The van der Waals surface area contributed by atoms with Crippen LogP contribution < -0.4 is 10.5 Å². The van der Waals surface area contributed by atoms with Gasteiger partial charge in [-0.3, -0.25) is 0 Å². The summed E-state index contributed by atoms with van der Waals surface area (Å²) in [6, 6.07) is 5.02. The van der Waals surface area contributed by atoms with Crippen LogP contribution >= 0.6 is 0 Å². The molecule has 1 atom stereocenters. The van der Waals surface area contributed by atoms with E-state index in [4.69, 9.17) is 15.2 Å². The van der Waals surface area contributed by atoms with E-state index in [0.29, 0.717) is 32.0 Å². The Balaban J connectivity index is 2.31.